The van der Waals surface area contributed by atoms with E-state index >= 15 is 4.79 Å². The number of rotatable bonds is 17. The number of carbonyl (C=O) groups excluding carboxylic acids is 6. The molecule has 5 rings (SSSR count). The third-order valence-electron chi connectivity index (χ3n) is 12.8. The maximum absolute atomic E-state index is 15.2. The first-order valence-electron chi connectivity index (χ1n) is 21.2. The van der Waals surface area contributed by atoms with Crippen molar-refractivity contribution in [3.8, 4) is 0 Å². The molecule has 2 unspecified atom stereocenters. The van der Waals surface area contributed by atoms with E-state index in [9.17, 15) is 24.0 Å². The third-order valence-corrected chi connectivity index (χ3v) is 13.6. The zero-order valence-electron chi connectivity index (χ0n) is 33.3. The lowest BCUT2D eigenvalue weighted by Crippen LogP contribution is -2.61. The lowest BCUT2D eigenvalue weighted by Gasteiger charge is -2.38. The van der Waals surface area contributed by atoms with Gasteiger partial charge in [-0.3, -0.25) is 28.8 Å². The molecule has 12 heteroatoms. The number of nitrogens with one attached hydrogen (secondary N) is 4. The van der Waals surface area contributed by atoms with Gasteiger partial charge in [0, 0.05) is 13.1 Å². The molecule has 55 heavy (non-hydrogen) atoms. The molecule has 11 nitrogen and oxygen atoms in total. The van der Waals surface area contributed by atoms with Crippen molar-refractivity contribution in [1.82, 2.24) is 26.2 Å². The average molecular weight is 780 g/mol. The molecule has 4 aliphatic rings. The number of thiophene rings is 1. The summed E-state index contributed by atoms with van der Waals surface area (Å²) in [6.07, 6.45) is 15.6. The molecule has 304 valence electrons. The van der Waals surface area contributed by atoms with Gasteiger partial charge in [0.1, 0.15) is 18.1 Å². The number of hydrogen-bond acceptors (Lipinski definition) is 7. The predicted octanol–water partition coefficient (Wildman–Crippen LogP) is 5.94. The Kier molecular flexibility index (Phi) is 15.9. The molecule has 2 heterocycles. The normalized spacial score (nSPS) is 25.1. The van der Waals surface area contributed by atoms with Crippen LogP contribution < -0.4 is 21.3 Å². The van der Waals surface area contributed by atoms with Crippen molar-refractivity contribution in [2.24, 2.45) is 35.5 Å². The van der Waals surface area contributed by atoms with Crippen molar-refractivity contribution in [3.63, 3.8) is 0 Å². The fourth-order valence-electron chi connectivity index (χ4n) is 9.55. The van der Waals surface area contributed by atoms with Crippen LogP contribution in [0, 0.1) is 35.5 Å². The first-order valence-corrected chi connectivity index (χ1v) is 22.0. The maximum atomic E-state index is 15.2. The lowest BCUT2D eigenvalue weighted by atomic mass is 9.80. The molecule has 7 atom stereocenters. The second-order valence-corrected chi connectivity index (χ2v) is 18.2. The smallest absolute Gasteiger partial charge is 0.289 e. The number of likely N-dealkylation sites (tertiary alicyclic amines) is 1. The summed E-state index contributed by atoms with van der Waals surface area (Å²) in [5.74, 6) is -2.47. The minimum atomic E-state index is -1.000. The van der Waals surface area contributed by atoms with E-state index in [0.29, 0.717) is 30.7 Å². The highest BCUT2D eigenvalue weighted by atomic mass is 32.1. The monoisotopic (exact) mass is 779 g/mol. The van der Waals surface area contributed by atoms with Crippen LogP contribution in [0.25, 0.3) is 0 Å². The van der Waals surface area contributed by atoms with Crippen LogP contribution in [0.5, 0.6) is 0 Å². The Hall–Kier alpha value is -3.54. The van der Waals surface area contributed by atoms with Crippen LogP contribution in [0.4, 0.5) is 0 Å². The van der Waals surface area contributed by atoms with Crippen molar-refractivity contribution in [2.75, 3.05) is 13.1 Å². The molecule has 4 N–H and O–H groups in total. The topological polar surface area (TPSA) is 154 Å². The van der Waals surface area contributed by atoms with Gasteiger partial charge in [0.25, 0.3) is 11.8 Å². The van der Waals surface area contributed by atoms with Gasteiger partial charge in [0.05, 0.1) is 10.9 Å². The Morgan fingerprint density at radius 3 is 2.20 bits per heavy atom. The van der Waals surface area contributed by atoms with Crippen molar-refractivity contribution < 1.29 is 28.8 Å². The lowest BCUT2D eigenvalue weighted by molar-refractivity contribution is -0.146. The van der Waals surface area contributed by atoms with Crippen molar-refractivity contribution in [1.29, 1.82) is 0 Å². The second-order valence-electron chi connectivity index (χ2n) is 17.2. The van der Waals surface area contributed by atoms with Crippen LogP contribution in [0.15, 0.2) is 30.2 Å². The largest absolute Gasteiger partial charge is 0.346 e. The van der Waals surface area contributed by atoms with Gasteiger partial charge in [0.15, 0.2) is 0 Å². The van der Waals surface area contributed by atoms with E-state index in [4.69, 9.17) is 0 Å². The number of hydrogen-bond donors (Lipinski definition) is 4. The summed E-state index contributed by atoms with van der Waals surface area (Å²) in [5, 5.41) is 13.7. The summed E-state index contributed by atoms with van der Waals surface area (Å²) < 4.78 is 0. The summed E-state index contributed by atoms with van der Waals surface area (Å²) in [4.78, 5) is 86.2. The van der Waals surface area contributed by atoms with Crippen LogP contribution >= 0.6 is 11.3 Å². The molecule has 4 fully saturated rings. The molecule has 5 amide bonds. The summed E-state index contributed by atoms with van der Waals surface area (Å²) in [6, 6.07) is 0.0463. The summed E-state index contributed by atoms with van der Waals surface area (Å²) >= 11 is 1.33. The first kappa shape index (κ1) is 42.6. The van der Waals surface area contributed by atoms with Crippen molar-refractivity contribution in [3.05, 3.63) is 35.0 Å². The molecule has 3 aliphatic carbocycles. The van der Waals surface area contributed by atoms with Gasteiger partial charge >= 0.3 is 0 Å². The van der Waals surface area contributed by atoms with E-state index in [2.05, 4.69) is 48.6 Å². The molecule has 0 radical (unpaired) electrons. The van der Waals surface area contributed by atoms with E-state index in [1.807, 2.05) is 11.4 Å². The summed E-state index contributed by atoms with van der Waals surface area (Å²) in [7, 11) is 0. The molecular weight excluding hydrogens is 715 g/mol. The van der Waals surface area contributed by atoms with Crippen molar-refractivity contribution >= 4 is 46.7 Å². The van der Waals surface area contributed by atoms with Gasteiger partial charge in [-0.15, -0.1) is 17.9 Å². The molecule has 0 spiro atoms. The number of carbonyl (C=O) groups is 6. The minimum Gasteiger partial charge on any atom is -0.346 e. The van der Waals surface area contributed by atoms with Crippen LogP contribution in [0.1, 0.15) is 133 Å². The van der Waals surface area contributed by atoms with Crippen LogP contribution in [0.2, 0.25) is 0 Å². The van der Waals surface area contributed by atoms with E-state index < -0.39 is 41.8 Å². The Morgan fingerprint density at radius 2 is 1.56 bits per heavy atom. The maximum Gasteiger partial charge on any atom is 0.289 e. The average Bonchev–Trinajstić information content (AvgIpc) is 3.80. The Balaban J connectivity index is 1.44. The summed E-state index contributed by atoms with van der Waals surface area (Å²) in [5.41, 5.74) is 0. The highest BCUT2D eigenvalue weighted by molar-refractivity contribution is 7.12. The highest BCUT2D eigenvalue weighted by Crippen LogP contribution is 2.37. The zero-order chi connectivity index (χ0) is 39.5. The number of ketones is 1. The Morgan fingerprint density at radius 1 is 0.855 bits per heavy atom. The van der Waals surface area contributed by atoms with Gasteiger partial charge in [-0.2, -0.15) is 0 Å². The molecule has 3 saturated carbocycles. The molecule has 0 bridgehead atoms. The minimum absolute atomic E-state index is 0.0467. The van der Waals surface area contributed by atoms with E-state index in [1.165, 1.54) is 17.4 Å². The molecule has 0 aromatic carbocycles. The molecular formula is C43H65N5O6S. The van der Waals surface area contributed by atoms with Crippen LogP contribution in [-0.2, 0) is 24.0 Å². The van der Waals surface area contributed by atoms with Crippen LogP contribution in [0.3, 0.4) is 0 Å². The zero-order valence-corrected chi connectivity index (χ0v) is 34.1. The molecule has 1 saturated heterocycles. The number of Topliss-reactive ketones (excluding diaryl/α,β-unsaturated/α-hetero) is 1. The molecule has 1 aliphatic heterocycles. The van der Waals surface area contributed by atoms with Gasteiger partial charge in [0.2, 0.25) is 23.5 Å². The fourth-order valence-corrected chi connectivity index (χ4v) is 10.2. The van der Waals surface area contributed by atoms with E-state index in [-0.39, 0.29) is 59.8 Å². The van der Waals surface area contributed by atoms with E-state index in [0.717, 1.165) is 83.5 Å². The fraction of sp³-hybridized carbons (Fsp3) is 0.721. The first-order chi connectivity index (χ1) is 26.5. The highest BCUT2D eigenvalue weighted by Gasteiger charge is 2.48. The van der Waals surface area contributed by atoms with E-state index in [1.54, 1.807) is 11.0 Å². The second kappa shape index (κ2) is 20.6. The predicted molar refractivity (Wildman–Crippen MR) is 215 cm³/mol. The number of amides is 5. The summed E-state index contributed by atoms with van der Waals surface area (Å²) in [6.45, 7) is 10.5. The van der Waals surface area contributed by atoms with Gasteiger partial charge < -0.3 is 26.2 Å². The van der Waals surface area contributed by atoms with Crippen molar-refractivity contribution in [2.45, 2.75) is 148 Å². The molecule has 1 aromatic rings. The standard InChI is InChI=1S/C43H65N5O6S/c1-5-22-44-42(53)38(49)33(26-29-15-12-16-29)45-41(52)37-31(25-27(2)3)21-23-48(37)43(54)36(32-19-11-6-8-14-28(32)4)47-40(51)35(30-17-9-7-10-18-30)46-39(50)34-20-13-24-55-34/h5,13,20,24,27-33,35-37H,1,6-12,14-19,21-23,25-26H2,2-4H3,(H,44,53)(H,45,52)(H,46,50)(H,47,51)/t28-,31+,32?,33?,35-,36-,37-/m0/s1. The quantitative estimate of drug-likeness (QED) is 0.0873. The van der Waals surface area contributed by atoms with Gasteiger partial charge in [-0.25, -0.2) is 0 Å². The number of nitrogens with zero attached hydrogens (tertiary/aromatic N) is 1. The Bertz CT molecular complexity index is 1490. The van der Waals surface area contributed by atoms with Gasteiger partial charge in [-0.1, -0.05) is 97.1 Å². The SMILES string of the molecule is C=CCNC(=O)C(=O)C(CC1CCC1)NC(=O)[C@@H]1[C@@H](CC(C)C)CCN1C(=O)[C@@H](NC(=O)[C@@H](NC(=O)c1cccs1)C1CCCCC1)C1CCCCC[C@@H]1C. The van der Waals surface area contributed by atoms with Gasteiger partial charge in [-0.05, 0) is 85.5 Å². The van der Waals surface area contributed by atoms with Crippen LogP contribution in [-0.4, -0.2) is 77.5 Å². The Labute approximate surface area is 332 Å². The third kappa shape index (κ3) is 11.3. The molecule has 1 aromatic heterocycles.